The third-order valence-corrected chi connectivity index (χ3v) is 3.45. The maximum atomic E-state index is 13.1. The number of halogens is 5. The summed E-state index contributed by atoms with van der Waals surface area (Å²) in [6.07, 6.45) is -3.32. The molecule has 1 heterocycles. The van der Waals surface area contributed by atoms with Crippen LogP contribution >= 0.6 is 0 Å². The van der Waals surface area contributed by atoms with Crippen LogP contribution < -0.4 is 5.32 Å². The fraction of sp³-hybridized carbons (Fsp3) is 0.909. The van der Waals surface area contributed by atoms with Gasteiger partial charge in [-0.3, -0.25) is 4.79 Å². The molecule has 2 aliphatic rings. The molecule has 110 valence electrons. The largest absolute Gasteiger partial charge is 0.463 e. The van der Waals surface area contributed by atoms with Gasteiger partial charge in [-0.25, -0.2) is 0 Å². The average molecular weight is 286 g/mol. The van der Waals surface area contributed by atoms with Gasteiger partial charge >= 0.3 is 18.0 Å². The van der Waals surface area contributed by atoms with Gasteiger partial charge in [-0.05, 0) is 32.2 Å². The summed E-state index contributed by atoms with van der Waals surface area (Å²) in [4.78, 5) is 12.2. The van der Waals surface area contributed by atoms with E-state index in [0.29, 0.717) is 30.7 Å². The van der Waals surface area contributed by atoms with Gasteiger partial charge in [-0.15, -0.1) is 0 Å². The quantitative estimate of drug-likeness (QED) is 0.801. The van der Waals surface area contributed by atoms with E-state index in [2.05, 4.69) is 5.32 Å². The smallest absolute Gasteiger partial charge is 0.333 e. The van der Waals surface area contributed by atoms with Gasteiger partial charge < -0.3 is 10.2 Å². The number of alkyl halides is 5. The highest BCUT2D eigenvalue weighted by atomic mass is 19.4. The van der Waals surface area contributed by atoms with Gasteiger partial charge in [0.15, 0.2) is 0 Å². The predicted molar refractivity (Wildman–Crippen MR) is 56.8 cm³/mol. The van der Waals surface area contributed by atoms with Crippen LogP contribution in [0.1, 0.15) is 25.7 Å². The molecule has 0 bridgehead atoms. The van der Waals surface area contributed by atoms with Gasteiger partial charge in [-0.1, -0.05) is 0 Å². The Balaban J connectivity index is 2.08. The third kappa shape index (κ3) is 2.98. The van der Waals surface area contributed by atoms with Crippen molar-refractivity contribution in [1.82, 2.24) is 10.2 Å². The van der Waals surface area contributed by atoms with Crippen molar-refractivity contribution in [2.24, 2.45) is 0 Å². The van der Waals surface area contributed by atoms with E-state index in [-0.39, 0.29) is 12.6 Å². The third-order valence-electron chi connectivity index (χ3n) is 3.45. The first kappa shape index (κ1) is 14.5. The van der Waals surface area contributed by atoms with E-state index in [4.69, 9.17) is 0 Å². The van der Waals surface area contributed by atoms with Gasteiger partial charge in [0.2, 0.25) is 0 Å². The van der Waals surface area contributed by atoms with Crippen LogP contribution in [-0.4, -0.2) is 48.1 Å². The van der Waals surface area contributed by atoms with Crippen molar-refractivity contribution >= 4 is 5.91 Å². The second kappa shape index (κ2) is 4.88. The number of carbonyl (C=O) groups is 1. The van der Waals surface area contributed by atoms with Crippen LogP contribution in [0.15, 0.2) is 0 Å². The molecule has 1 aliphatic carbocycles. The van der Waals surface area contributed by atoms with Crippen LogP contribution in [0.5, 0.6) is 0 Å². The van der Waals surface area contributed by atoms with E-state index in [1.807, 2.05) is 0 Å². The molecule has 3 nitrogen and oxygen atoms in total. The molecule has 2 rings (SSSR count). The molecule has 8 heteroatoms. The summed E-state index contributed by atoms with van der Waals surface area (Å²) in [5.74, 6) is -7.41. The Hall–Kier alpha value is -0.920. The lowest BCUT2D eigenvalue weighted by Gasteiger charge is -2.30. The molecule has 1 saturated carbocycles. The van der Waals surface area contributed by atoms with Crippen molar-refractivity contribution in [1.29, 1.82) is 0 Å². The molecule has 1 atom stereocenters. The van der Waals surface area contributed by atoms with Gasteiger partial charge in [0, 0.05) is 18.6 Å². The van der Waals surface area contributed by atoms with Crippen molar-refractivity contribution in [3.05, 3.63) is 0 Å². The van der Waals surface area contributed by atoms with E-state index < -0.39 is 24.0 Å². The van der Waals surface area contributed by atoms with Gasteiger partial charge in [-0.2, -0.15) is 22.0 Å². The van der Waals surface area contributed by atoms with Crippen molar-refractivity contribution < 1.29 is 26.7 Å². The molecule has 2 fully saturated rings. The molecular weight excluding hydrogens is 271 g/mol. The fourth-order valence-electron chi connectivity index (χ4n) is 2.24. The van der Waals surface area contributed by atoms with Crippen LogP contribution in [0.3, 0.4) is 0 Å². The molecule has 1 aliphatic heterocycles. The number of nitrogens with one attached hydrogen (secondary N) is 1. The first-order chi connectivity index (χ1) is 8.73. The number of rotatable bonds is 4. The lowest BCUT2D eigenvalue weighted by atomic mass is 10.2. The van der Waals surface area contributed by atoms with E-state index in [1.54, 1.807) is 0 Å². The molecule has 0 spiro atoms. The Morgan fingerprint density at radius 2 is 1.79 bits per heavy atom. The topological polar surface area (TPSA) is 32.3 Å². The van der Waals surface area contributed by atoms with Crippen molar-refractivity contribution in [3.8, 4) is 0 Å². The second-order valence-corrected chi connectivity index (χ2v) is 5.05. The first-order valence-electron chi connectivity index (χ1n) is 6.22. The normalized spacial score (nSPS) is 24.6. The monoisotopic (exact) mass is 286 g/mol. The molecule has 1 saturated heterocycles. The number of amides is 1. The molecule has 0 radical (unpaired) electrons. The van der Waals surface area contributed by atoms with Crippen LogP contribution in [0.2, 0.25) is 0 Å². The first-order valence-corrected chi connectivity index (χ1v) is 6.22. The van der Waals surface area contributed by atoms with E-state index in [0.717, 1.165) is 6.42 Å². The molecule has 0 aromatic rings. The summed E-state index contributed by atoms with van der Waals surface area (Å²) in [5, 5.41) is 2.99. The fourth-order valence-corrected chi connectivity index (χ4v) is 2.24. The zero-order chi connectivity index (χ0) is 14.3. The van der Waals surface area contributed by atoms with Gasteiger partial charge in [0.05, 0.1) is 0 Å². The Bertz CT molecular complexity index is 347. The Morgan fingerprint density at radius 1 is 1.16 bits per heavy atom. The van der Waals surface area contributed by atoms with Gasteiger partial charge in [0.1, 0.15) is 0 Å². The highest BCUT2D eigenvalue weighted by molar-refractivity contribution is 5.85. The lowest BCUT2D eigenvalue weighted by molar-refractivity contribution is -0.274. The number of hydrogen-bond donors (Lipinski definition) is 1. The zero-order valence-corrected chi connectivity index (χ0v) is 10.1. The Morgan fingerprint density at radius 3 is 2.21 bits per heavy atom. The minimum atomic E-state index is -5.83. The van der Waals surface area contributed by atoms with Crippen molar-refractivity contribution in [2.75, 3.05) is 13.1 Å². The van der Waals surface area contributed by atoms with Crippen LogP contribution in [0.25, 0.3) is 0 Å². The van der Waals surface area contributed by atoms with Crippen LogP contribution in [-0.2, 0) is 4.79 Å². The minimum Gasteiger partial charge on any atom is -0.333 e. The maximum absolute atomic E-state index is 13.1. The Labute approximate surface area is 107 Å². The SMILES string of the molecule is O=C(N(CC1CCCN1)C1CC1)C(F)(F)C(F)(F)F. The molecule has 0 aromatic carbocycles. The van der Waals surface area contributed by atoms with E-state index in [9.17, 15) is 26.7 Å². The molecular formula is C11H15F5N2O. The summed E-state index contributed by atoms with van der Waals surface area (Å²) in [7, 11) is 0. The standard InChI is InChI=1S/C11H15F5N2O/c12-10(13,11(14,15)16)9(19)18(8-3-4-8)6-7-2-1-5-17-7/h7-8,17H,1-6H2. The molecule has 0 aromatic heterocycles. The maximum Gasteiger partial charge on any atom is 0.463 e. The molecule has 19 heavy (non-hydrogen) atoms. The zero-order valence-electron chi connectivity index (χ0n) is 10.1. The Kier molecular flexibility index (Phi) is 3.72. The van der Waals surface area contributed by atoms with Gasteiger partial charge in [0.25, 0.3) is 0 Å². The highest BCUT2D eigenvalue weighted by Gasteiger charge is 2.65. The lowest BCUT2D eigenvalue weighted by Crippen LogP contribution is -2.55. The van der Waals surface area contributed by atoms with Crippen LogP contribution in [0.4, 0.5) is 22.0 Å². The van der Waals surface area contributed by atoms with E-state index >= 15 is 0 Å². The highest BCUT2D eigenvalue weighted by Crippen LogP contribution is 2.39. The summed E-state index contributed by atoms with van der Waals surface area (Å²) in [6, 6.07) is -0.656. The summed E-state index contributed by atoms with van der Waals surface area (Å²) in [5.41, 5.74) is 0. The number of hydrogen-bond acceptors (Lipinski definition) is 2. The summed E-state index contributed by atoms with van der Waals surface area (Å²) < 4.78 is 62.9. The average Bonchev–Trinajstić information content (AvgIpc) is 3.01. The summed E-state index contributed by atoms with van der Waals surface area (Å²) in [6.45, 7) is 0.627. The van der Waals surface area contributed by atoms with Crippen LogP contribution in [0, 0.1) is 0 Å². The van der Waals surface area contributed by atoms with E-state index in [1.165, 1.54) is 0 Å². The van der Waals surface area contributed by atoms with Crippen molar-refractivity contribution in [2.45, 2.75) is 49.9 Å². The molecule has 1 N–H and O–H groups in total. The number of nitrogens with zero attached hydrogens (tertiary/aromatic N) is 1. The second-order valence-electron chi connectivity index (χ2n) is 5.05. The predicted octanol–water partition coefficient (Wildman–Crippen LogP) is 1.93. The molecule has 1 amide bonds. The number of carbonyl (C=O) groups excluding carboxylic acids is 1. The molecule has 1 unspecified atom stereocenters. The van der Waals surface area contributed by atoms with Crippen molar-refractivity contribution in [3.63, 3.8) is 0 Å². The summed E-state index contributed by atoms with van der Waals surface area (Å²) >= 11 is 0. The minimum absolute atomic E-state index is 0.0742.